The van der Waals surface area contributed by atoms with E-state index in [4.69, 9.17) is 4.99 Å². The smallest absolute Gasteiger partial charge is 0.101 e. The molecule has 1 nitrogen and oxygen atoms in total. The van der Waals surface area contributed by atoms with E-state index in [9.17, 15) is 0 Å². The Morgan fingerprint density at radius 2 is 1.68 bits per heavy atom. The maximum atomic E-state index is 5.10. The summed E-state index contributed by atoms with van der Waals surface area (Å²) in [5, 5.41) is 0. The largest absolute Gasteiger partial charge is 0.275 e. The van der Waals surface area contributed by atoms with Crippen molar-refractivity contribution in [1.82, 2.24) is 0 Å². The molecule has 0 aliphatic carbocycles. The molecule has 0 aromatic carbocycles. The molecule has 1 heteroatoms. The highest BCUT2D eigenvalue weighted by Crippen LogP contribution is 2.41. The van der Waals surface area contributed by atoms with Gasteiger partial charge in [0.1, 0.15) is 5.54 Å². The van der Waals surface area contributed by atoms with Gasteiger partial charge in [-0.2, -0.15) is 0 Å². The van der Waals surface area contributed by atoms with E-state index in [2.05, 4.69) is 46.8 Å². The van der Waals surface area contributed by atoms with Crippen LogP contribution in [0.25, 0.3) is 0 Å². The van der Waals surface area contributed by atoms with E-state index < -0.39 is 0 Å². The zero-order valence-electron chi connectivity index (χ0n) is 13.6. The van der Waals surface area contributed by atoms with Crippen LogP contribution in [0.4, 0.5) is 0 Å². The summed E-state index contributed by atoms with van der Waals surface area (Å²) >= 11 is 0. The quantitative estimate of drug-likeness (QED) is 0.485. The lowest BCUT2D eigenvalue weighted by molar-refractivity contribution is 0.538. The second-order valence-electron chi connectivity index (χ2n) is 5.64. The Kier molecular flexibility index (Phi) is 6.54. The third kappa shape index (κ3) is 3.58. The molecule has 19 heavy (non-hydrogen) atoms. The Morgan fingerprint density at radius 1 is 1.00 bits per heavy atom. The van der Waals surface area contributed by atoms with Gasteiger partial charge in [0.2, 0.25) is 0 Å². The van der Waals surface area contributed by atoms with Gasteiger partial charge in [-0.15, -0.1) is 0 Å². The first-order valence-corrected chi connectivity index (χ1v) is 8.12. The monoisotopic (exact) mass is 261 g/mol. The summed E-state index contributed by atoms with van der Waals surface area (Å²) in [6, 6.07) is 0. The van der Waals surface area contributed by atoms with Crippen LogP contribution >= 0.6 is 0 Å². The molecule has 0 saturated carbocycles. The van der Waals surface area contributed by atoms with Gasteiger partial charge < -0.3 is 0 Å². The first-order chi connectivity index (χ1) is 9.15. The van der Waals surface area contributed by atoms with Crippen LogP contribution in [0.3, 0.4) is 0 Å². The molecule has 108 valence electrons. The zero-order valence-corrected chi connectivity index (χ0v) is 13.6. The third-order valence-electron chi connectivity index (χ3n) is 3.95. The maximum Gasteiger partial charge on any atom is 0.101 e. The average Bonchev–Trinajstić information content (AvgIpc) is 2.63. The standard InChI is InChI=1S/C18H31N/c1-6-10-14-18(13-9-4)17(12-8-3)16(11-7-2)15(5)19-18/h10,14H,6-9,11-13H2,1-5H3/b14-10+. The molecule has 0 aromatic rings. The molecule has 0 saturated heterocycles. The lowest BCUT2D eigenvalue weighted by Gasteiger charge is -2.27. The summed E-state index contributed by atoms with van der Waals surface area (Å²) < 4.78 is 0. The van der Waals surface area contributed by atoms with Crippen molar-refractivity contribution in [1.29, 1.82) is 0 Å². The molecule has 1 unspecified atom stereocenters. The van der Waals surface area contributed by atoms with Crippen molar-refractivity contribution in [2.24, 2.45) is 4.99 Å². The van der Waals surface area contributed by atoms with E-state index in [1.165, 1.54) is 37.8 Å². The van der Waals surface area contributed by atoms with Crippen molar-refractivity contribution >= 4 is 5.71 Å². The van der Waals surface area contributed by atoms with E-state index in [1.54, 1.807) is 11.1 Å². The summed E-state index contributed by atoms with van der Waals surface area (Å²) in [6.45, 7) is 11.2. The molecule has 1 atom stereocenters. The van der Waals surface area contributed by atoms with Crippen molar-refractivity contribution in [3.05, 3.63) is 23.3 Å². The Bertz CT molecular complexity index is 373. The van der Waals surface area contributed by atoms with Crippen LogP contribution in [-0.4, -0.2) is 11.3 Å². The minimum absolute atomic E-state index is 0.00461. The second-order valence-corrected chi connectivity index (χ2v) is 5.64. The van der Waals surface area contributed by atoms with Crippen molar-refractivity contribution < 1.29 is 0 Å². The van der Waals surface area contributed by atoms with Crippen LogP contribution in [0.5, 0.6) is 0 Å². The van der Waals surface area contributed by atoms with Crippen molar-refractivity contribution in [3.8, 4) is 0 Å². The molecule has 0 fully saturated rings. The van der Waals surface area contributed by atoms with Crippen LogP contribution in [0.1, 0.15) is 79.6 Å². The lowest BCUT2D eigenvalue weighted by Crippen LogP contribution is -2.24. The van der Waals surface area contributed by atoms with Gasteiger partial charge in [-0.05, 0) is 43.8 Å². The minimum Gasteiger partial charge on any atom is -0.275 e. The Morgan fingerprint density at radius 3 is 2.21 bits per heavy atom. The normalized spacial score (nSPS) is 23.5. The first kappa shape index (κ1) is 16.2. The molecule has 0 N–H and O–H groups in total. The van der Waals surface area contributed by atoms with Crippen molar-refractivity contribution in [2.45, 2.75) is 85.1 Å². The van der Waals surface area contributed by atoms with Gasteiger partial charge >= 0.3 is 0 Å². The topological polar surface area (TPSA) is 12.4 Å². The van der Waals surface area contributed by atoms with Crippen molar-refractivity contribution in [2.75, 3.05) is 0 Å². The first-order valence-electron chi connectivity index (χ1n) is 8.12. The maximum absolute atomic E-state index is 5.10. The van der Waals surface area contributed by atoms with Gasteiger partial charge in [0.15, 0.2) is 0 Å². The van der Waals surface area contributed by atoms with Gasteiger partial charge in [0.25, 0.3) is 0 Å². The van der Waals surface area contributed by atoms with Gasteiger partial charge in [0.05, 0.1) is 0 Å². The number of rotatable bonds is 8. The average molecular weight is 261 g/mol. The molecule has 0 aromatic heterocycles. The van der Waals surface area contributed by atoms with E-state index >= 15 is 0 Å². The van der Waals surface area contributed by atoms with Crippen LogP contribution in [-0.2, 0) is 0 Å². The van der Waals surface area contributed by atoms with Crippen LogP contribution in [0.2, 0.25) is 0 Å². The highest BCUT2D eigenvalue weighted by molar-refractivity contribution is 6.02. The van der Waals surface area contributed by atoms with Gasteiger partial charge in [-0.3, -0.25) is 4.99 Å². The molecular formula is C18H31N. The molecule has 0 bridgehead atoms. The number of hydrogen-bond acceptors (Lipinski definition) is 1. The fourth-order valence-electron chi connectivity index (χ4n) is 3.23. The van der Waals surface area contributed by atoms with Gasteiger partial charge in [0, 0.05) is 5.71 Å². The second kappa shape index (κ2) is 7.67. The predicted octanol–water partition coefficient (Wildman–Crippen LogP) is 5.86. The number of allylic oxidation sites excluding steroid dienone is 2. The Labute approximate surface area is 119 Å². The number of hydrogen-bond donors (Lipinski definition) is 0. The summed E-state index contributed by atoms with van der Waals surface area (Å²) in [4.78, 5) is 5.10. The van der Waals surface area contributed by atoms with Gasteiger partial charge in [-0.1, -0.05) is 59.1 Å². The minimum atomic E-state index is -0.00461. The number of aliphatic imine (C=N–C) groups is 1. The lowest BCUT2D eigenvalue weighted by atomic mass is 9.81. The SMILES string of the molecule is CC/C=C/C1(CCC)N=C(C)C(CCC)=C1CCC. The third-order valence-corrected chi connectivity index (χ3v) is 3.95. The summed E-state index contributed by atoms with van der Waals surface area (Å²) in [5.74, 6) is 0. The van der Waals surface area contributed by atoms with E-state index in [0.29, 0.717) is 0 Å². The van der Waals surface area contributed by atoms with E-state index in [-0.39, 0.29) is 5.54 Å². The summed E-state index contributed by atoms with van der Waals surface area (Å²) in [5.41, 5.74) is 4.45. The molecule has 1 rings (SSSR count). The highest BCUT2D eigenvalue weighted by atomic mass is 14.9. The summed E-state index contributed by atoms with van der Waals surface area (Å²) in [7, 11) is 0. The zero-order chi connectivity index (χ0) is 14.3. The molecule has 1 aliphatic heterocycles. The Balaban J connectivity index is 3.23. The summed E-state index contributed by atoms with van der Waals surface area (Å²) in [6.07, 6.45) is 13.0. The van der Waals surface area contributed by atoms with E-state index in [0.717, 1.165) is 12.8 Å². The van der Waals surface area contributed by atoms with Crippen LogP contribution in [0.15, 0.2) is 28.3 Å². The molecule has 1 aliphatic rings. The molecule has 1 heterocycles. The number of nitrogens with zero attached hydrogens (tertiary/aromatic N) is 1. The molecular weight excluding hydrogens is 230 g/mol. The van der Waals surface area contributed by atoms with Crippen molar-refractivity contribution in [3.63, 3.8) is 0 Å². The Hall–Kier alpha value is -0.850. The molecule has 0 spiro atoms. The van der Waals surface area contributed by atoms with Crippen LogP contribution < -0.4 is 0 Å². The fourth-order valence-corrected chi connectivity index (χ4v) is 3.23. The molecule has 0 radical (unpaired) electrons. The fraction of sp³-hybridized carbons (Fsp3) is 0.722. The highest BCUT2D eigenvalue weighted by Gasteiger charge is 2.36. The van der Waals surface area contributed by atoms with Crippen LogP contribution in [0, 0.1) is 0 Å². The van der Waals surface area contributed by atoms with Gasteiger partial charge in [-0.25, -0.2) is 0 Å². The predicted molar refractivity (Wildman–Crippen MR) is 87.0 cm³/mol. The van der Waals surface area contributed by atoms with E-state index in [1.807, 2.05) is 0 Å². The molecule has 0 amide bonds.